The molecule has 3 N–H and O–H groups in total. The summed E-state index contributed by atoms with van der Waals surface area (Å²) in [6.45, 7) is 1.65. The molecule has 0 aliphatic carbocycles. The molecule has 0 saturated carbocycles. The van der Waals surface area contributed by atoms with E-state index in [0.29, 0.717) is 18.7 Å². The van der Waals surface area contributed by atoms with Crippen molar-refractivity contribution in [1.29, 1.82) is 0 Å². The van der Waals surface area contributed by atoms with Crippen LogP contribution in [0.2, 0.25) is 0 Å². The Morgan fingerprint density at radius 1 is 1.47 bits per heavy atom. The molecular weight excluding hydrogens is 265 g/mol. The summed E-state index contributed by atoms with van der Waals surface area (Å²) >= 11 is 1.78. The van der Waals surface area contributed by atoms with Crippen molar-refractivity contribution in [2.24, 2.45) is 0 Å². The maximum absolute atomic E-state index is 13.0. The molecule has 19 heavy (non-hydrogen) atoms. The van der Waals surface area contributed by atoms with Crippen molar-refractivity contribution in [3.8, 4) is 0 Å². The van der Waals surface area contributed by atoms with Gasteiger partial charge in [0.2, 0.25) is 5.91 Å². The van der Waals surface area contributed by atoms with Gasteiger partial charge >= 0.3 is 0 Å². The highest BCUT2D eigenvalue weighted by Crippen LogP contribution is 2.16. The average Bonchev–Trinajstić information content (AvgIpc) is 2.38. The number of carbonyl (C=O) groups is 1. The minimum absolute atomic E-state index is 0.0369. The van der Waals surface area contributed by atoms with E-state index in [1.54, 1.807) is 11.8 Å². The number of nitrogens with one attached hydrogen (secondary N) is 1. The van der Waals surface area contributed by atoms with Gasteiger partial charge in [0.1, 0.15) is 5.82 Å². The molecule has 0 unspecified atom stereocenters. The van der Waals surface area contributed by atoms with Crippen LogP contribution in [0, 0.1) is 5.82 Å². The number of benzene rings is 1. The molecule has 0 bridgehead atoms. The molecule has 0 aromatic heterocycles. The van der Waals surface area contributed by atoms with Gasteiger partial charge in [0.15, 0.2) is 0 Å². The van der Waals surface area contributed by atoms with Crippen LogP contribution in [0.4, 0.5) is 15.8 Å². The zero-order valence-corrected chi connectivity index (χ0v) is 12.1. The van der Waals surface area contributed by atoms with E-state index in [1.807, 2.05) is 7.05 Å². The van der Waals surface area contributed by atoms with Gasteiger partial charge in [-0.1, -0.05) is 0 Å². The molecule has 0 aliphatic heterocycles. The number of hydrogen-bond donors (Lipinski definition) is 2. The number of hydrogen-bond acceptors (Lipinski definition) is 4. The summed E-state index contributed by atoms with van der Waals surface area (Å²) in [7, 11) is 1.99. The van der Waals surface area contributed by atoms with Crippen molar-refractivity contribution in [2.45, 2.75) is 6.42 Å². The highest BCUT2D eigenvalue weighted by Gasteiger charge is 2.06. The Morgan fingerprint density at radius 3 is 2.84 bits per heavy atom. The average molecular weight is 285 g/mol. The fraction of sp³-hybridized carbons (Fsp3) is 0.462. The minimum Gasteiger partial charge on any atom is -0.396 e. The van der Waals surface area contributed by atoms with Crippen molar-refractivity contribution in [2.75, 3.05) is 43.2 Å². The Balaban J connectivity index is 2.36. The molecule has 0 atom stereocenters. The zero-order chi connectivity index (χ0) is 14.3. The number of carbonyl (C=O) groups excluding carboxylic acids is 1. The third-order valence-electron chi connectivity index (χ3n) is 2.68. The van der Waals surface area contributed by atoms with Crippen LogP contribution < -0.4 is 11.1 Å². The van der Waals surface area contributed by atoms with Gasteiger partial charge in [-0.3, -0.25) is 4.79 Å². The predicted octanol–water partition coefficient (Wildman–Crippen LogP) is 2.03. The largest absolute Gasteiger partial charge is 0.396 e. The summed E-state index contributed by atoms with van der Waals surface area (Å²) in [5.74, 6) is 0.476. The molecule has 0 radical (unpaired) electrons. The van der Waals surface area contributed by atoms with E-state index in [2.05, 4.69) is 16.5 Å². The Hall–Kier alpha value is -1.27. The van der Waals surface area contributed by atoms with Crippen LogP contribution in [0.5, 0.6) is 0 Å². The Kier molecular flexibility index (Phi) is 6.66. The summed E-state index contributed by atoms with van der Waals surface area (Å²) < 4.78 is 13.0. The molecule has 6 heteroatoms. The maximum atomic E-state index is 13.0. The molecule has 0 aliphatic rings. The molecule has 1 aromatic rings. The number of halogens is 1. The van der Waals surface area contributed by atoms with E-state index >= 15 is 0 Å². The van der Waals surface area contributed by atoms with Gasteiger partial charge in [0, 0.05) is 31.0 Å². The van der Waals surface area contributed by atoms with Crippen molar-refractivity contribution in [1.82, 2.24) is 4.90 Å². The third kappa shape index (κ3) is 5.94. The Morgan fingerprint density at radius 2 is 2.21 bits per heavy atom. The van der Waals surface area contributed by atoms with Gasteiger partial charge in [-0.15, -0.1) is 0 Å². The monoisotopic (exact) mass is 285 g/mol. The van der Waals surface area contributed by atoms with Gasteiger partial charge in [0.05, 0.1) is 5.69 Å². The topological polar surface area (TPSA) is 58.4 Å². The van der Waals surface area contributed by atoms with Crippen LogP contribution in [-0.4, -0.2) is 43.0 Å². The SMILES string of the molecule is CSCCN(C)CCC(=O)Nc1ccc(F)c(N)c1. The van der Waals surface area contributed by atoms with E-state index < -0.39 is 5.82 Å². The zero-order valence-electron chi connectivity index (χ0n) is 11.3. The molecular formula is C13H20FN3OS. The van der Waals surface area contributed by atoms with Crippen molar-refractivity contribution in [3.05, 3.63) is 24.0 Å². The molecule has 0 heterocycles. The lowest BCUT2D eigenvalue weighted by Crippen LogP contribution is -2.26. The van der Waals surface area contributed by atoms with Gasteiger partial charge < -0.3 is 16.0 Å². The lowest BCUT2D eigenvalue weighted by molar-refractivity contribution is -0.116. The van der Waals surface area contributed by atoms with Crippen LogP contribution in [0.25, 0.3) is 0 Å². The molecule has 1 amide bonds. The standard InChI is InChI=1S/C13H20FN3OS/c1-17(7-8-19-2)6-5-13(18)16-10-3-4-11(14)12(15)9-10/h3-4,9H,5-8,15H2,1-2H3,(H,16,18). The second-order valence-corrected chi connectivity index (χ2v) is 5.32. The quantitative estimate of drug-likeness (QED) is 0.753. The summed E-state index contributed by atoms with van der Waals surface area (Å²) in [5.41, 5.74) is 6.00. The number of nitrogens with two attached hydrogens (primary N) is 1. The van der Waals surface area contributed by atoms with E-state index in [-0.39, 0.29) is 11.6 Å². The summed E-state index contributed by atoms with van der Waals surface area (Å²) in [5, 5.41) is 2.70. The maximum Gasteiger partial charge on any atom is 0.225 e. The molecule has 106 valence electrons. The number of anilines is 2. The minimum atomic E-state index is -0.477. The molecule has 1 aromatic carbocycles. The first kappa shape index (κ1) is 15.8. The van der Waals surface area contributed by atoms with E-state index in [0.717, 1.165) is 12.3 Å². The molecule has 4 nitrogen and oxygen atoms in total. The van der Waals surface area contributed by atoms with E-state index in [4.69, 9.17) is 5.73 Å². The summed E-state index contributed by atoms with van der Waals surface area (Å²) in [4.78, 5) is 13.8. The molecule has 0 saturated heterocycles. The van der Waals surface area contributed by atoms with Gasteiger partial charge in [0.25, 0.3) is 0 Å². The normalized spacial score (nSPS) is 10.7. The van der Waals surface area contributed by atoms with Gasteiger partial charge in [-0.2, -0.15) is 11.8 Å². The van der Waals surface area contributed by atoms with Crippen molar-refractivity contribution < 1.29 is 9.18 Å². The summed E-state index contributed by atoms with van der Waals surface area (Å²) in [6, 6.07) is 4.17. The number of nitrogen functional groups attached to an aromatic ring is 1. The van der Waals surface area contributed by atoms with Gasteiger partial charge in [-0.25, -0.2) is 4.39 Å². The second kappa shape index (κ2) is 8.01. The number of amides is 1. The number of nitrogens with zero attached hydrogens (tertiary/aromatic N) is 1. The lowest BCUT2D eigenvalue weighted by Gasteiger charge is -2.15. The Labute approximate surface area is 117 Å². The molecule has 0 spiro atoms. The smallest absolute Gasteiger partial charge is 0.225 e. The van der Waals surface area contributed by atoms with Crippen LogP contribution in [-0.2, 0) is 4.79 Å². The number of thioether (sulfide) groups is 1. The van der Waals surface area contributed by atoms with Crippen LogP contribution in [0.1, 0.15) is 6.42 Å². The highest BCUT2D eigenvalue weighted by atomic mass is 32.2. The van der Waals surface area contributed by atoms with E-state index in [1.165, 1.54) is 18.2 Å². The van der Waals surface area contributed by atoms with Crippen molar-refractivity contribution in [3.63, 3.8) is 0 Å². The Bertz CT molecular complexity index is 428. The first-order chi connectivity index (χ1) is 9.02. The number of rotatable bonds is 7. The van der Waals surface area contributed by atoms with Crippen LogP contribution in [0.3, 0.4) is 0 Å². The van der Waals surface area contributed by atoms with Gasteiger partial charge in [-0.05, 0) is 31.5 Å². The fourth-order valence-corrected chi connectivity index (χ4v) is 1.99. The van der Waals surface area contributed by atoms with Crippen LogP contribution in [0.15, 0.2) is 18.2 Å². The first-order valence-corrected chi connectivity index (χ1v) is 7.44. The third-order valence-corrected chi connectivity index (χ3v) is 3.27. The van der Waals surface area contributed by atoms with E-state index in [9.17, 15) is 9.18 Å². The second-order valence-electron chi connectivity index (χ2n) is 4.33. The molecule has 0 fully saturated rings. The van der Waals surface area contributed by atoms with Crippen LogP contribution >= 0.6 is 11.8 Å². The summed E-state index contributed by atoms with van der Waals surface area (Å²) in [6.07, 6.45) is 2.46. The first-order valence-electron chi connectivity index (χ1n) is 6.05. The lowest BCUT2D eigenvalue weighted by atomic mass is 10.2. The fourth-order valence-electron chi connectivity index (χ4n) is 1.50. The van der Waals surface area contributed by atoms with Crippen molar-refractivity contribution >= 4 is 29.0 Å². The predicted molar refractivity (Wildman–Crippen MR) is 79.9 cm³/mol. The molecule has 1 rings (SSSR count). The highest BCUT2D eigenvalue weighted by molar-refractivity contribution is 7.98.